The highest BCUT2D eigenvalue weighted by Crippen LogP contribution is 2.48. The van der Waals surface area contributed by atoms with Crippen LogP contribution >= 0.6 is 72.6 Å². The van der Waals surface area contributed by atoms with Crippen molar-refractivity contribution in [3.8, 4) is 5.75 Å². The summed E-state index contributed by atoms with van der Waals surface area (Å²) in [6.45, 7) is 4.22. The predicted octanol–water partition coefficient (Wildman–Crippen LogP) is 6.05. The Morgan fingerprint density at radius 3 is 2.20 bits per heavy atom. The van der Waals surface area contributed by atoms with Gasteiger partial charge in [0.1, 0.15) is 5.75 Å². The quantitative estimate of drug-likeness (QED) is 0.455. The fourth-order valence-electron chi connectivity index (χ4n) is 3.99. The van der Waals surface area contributed by atoms with Gasteiger partial charge in [-0.25, -0.2) is 0 Å². The minimum atomic E-state index is 0. The van der Waals surface area contributed by atoms with Crippen LogP contribution in [0.15, 0.2) is 19.5 Å². The molecule has 2 aliphatic rings. The van der Waals surface area contributed by atoms with E-state index in [2.05, 4.69) is 58.0 Å². The Hall–Kier alpha value is 0.960. The number of benzene rings is 1. The molecule has 3 nitrogen and oxygen atoms in total. The van der Waals surface area contributed by atoms with Crippen molar-refractivity contribution in [2.45, 2.75) is 38.1 Å². The van der Waals surface area contributed by atoms with Crippen LogP contribution in [-0.4, -0.2) is 36.2 Å². The molecule has 144 valence electrons. The Balaban J connectivity index is 0.00000156. The van der Waals surface area contributed by atoms with E-state index in [0.29, 0.717) is 17.7 Å². The molecule has 0 spiro atoms. The molecule has 2 N–H and O–H groups in total. The second-order valence-corrected chi connectivity index (χ2v) is 9.05. The first-order chi connectivity index (χ1) is 11.1. The molecule has 1 atom stereocenters. The molecule has 1 saturated carbocycles. The number of phenolic OH excluding ortho intramolecular Hbond substituents is 1. The number of nitrogens with one attached hydrogen (secondary N) is 1. The third-order valence-corrected chi connectivity index (χ3v) is 7.18. The molecule has 0 radical (unpaired) electrons. The minimum absolute atomic E-state index is 0. The molecule has 2 fully saturated rings. The average molecular weight is 584 g/mol. The molecule has 0 aromatic heterocycles. The highest BCUT2D eigenvalue weighted by Gasteiger charge is 2.34. The molecule has 8 heteroatoms. The molecule has 1 heterocycles. The highest BCUT2D eigenvalue weighted by atomic mass is 79.9. The zero-order chi connectivity index (χ0) is 16.4. The Bertz CT molecular complexity index is 547. The third kappa shape index (κ3) is 5.49. The maximum atomic E-state index is 10.4. The van der Waals surface area contributed by atoms with Crippen LogP contribution in [0.1, 0.15) is 43.7 Å². The first kappa shape index (κ1) is 24.0. The molecule has 0 amide bonds. The van der Waals surface area contributed by atoms with Crippen LogP contribution in [0.3, 0.4) is 0 Å². The number of piperazine rings is 1. The van der Waals surface area contributed by atoms with Crippen molar-refractivity contribution in [3.63, 3.8) is 0 Å². The smallest absolute Gasteiger partial charge is 0.144 e. The molecule has 1 aromatic rings. The Kier molecular flexibility index (Phi) is 10.6. The van der Waals surface area contributed by atoms with Crippen molar-refractivity contribution in [3.05, 3.63) is 25.0 Å². The SMILES string of the molecule is Cl.Cl.Oc1c(Br)cc(Br)c([C@@H](C2CCCCC2)N2CCNCC2)c1Br. The molecule has 3 rings (SSSR count). The van der Waals surface area contributed by atoms with E-state index in [1.807, 2.05) is 6.07 Å². The van der Waals surface area contributed by atoms with Crippen LogP contribution in [0.5, 0.6) is 5.75 Å². The van der Waals surface area contributed by atoms with Crippen molar-refractivity contribution in [2.24, 2.45) is 5.92 Å². The summed E-state index contributed by atoms with van der Waals surface area (Å²) in [7, 11) is 0. The van der Waals surface area contributed by atoms with E-state index >= 15 is 0 Å². The van der Waals surface area contributed by atoms with Crippen molar-refractivity contribution in [1.29, 1.82) is 0 Å². The summed E-state index contributed by atoms with van der Waals surface area (Å²) in [5.41, 5.74) is 1.21. The zero-order valence-electron chi connectivity index (χ0n) is 13.9. The molecular weight excluding hydrogens is 559 g/mol. The summed E-state index contributed by atoms with van der Waals surface area (Å²) >= 11 is 10.9. The van der Waals surface area contributed by atoms with E-state index < -0.39 is 0 Å². The monoisotopic (exact) mass is 580 g/mol. The maximum Gasteiger partial charge on any atom is 0.144 e. The van der Waals surface area contributed by atoms with Crippen molar-refractivity contribution in [2.75, 3.05) is 26.2 Å². The van der Waals surface area contributed by atoms with Crippen LogP contribution in [0.25, 0.3) is 0 Å². The number of aromatic hydroxyl groups is 1. The molecule has 1 aromatic carbocycles. The number of halogens is 5. The van der Waals surface area contributed by atoms with Crippen LogP contribution < -0.4 is 5.32 Å². The number of hydrogen-bond acceptors (Lipinski definition) is 3. The van der Waals surface area contributed by atoms with E-state index in [1.54, 1.807) is 0 Å². The largest absolute Gasteiger partial charge is 0.506 e. The lowest BCUT2D eigenvalue weighted by Gasteiger charge is -2.42. The molecule has 1 aliphatic heterocycles. The summed E-state index contributed by atoms with van der Waals surface area (Å²) in [6, 6.07) is 2.34. The van der Waals surface area contributed by atoms with Crippen LogP contribution in [0, 0.1) is 5.92 Å². The van der Waals surface area contributed by atoms with E-state index in [9.17, 15) is 5.11 Å². The molecule has 1 saturated heterocycles. The van der Waals surface area contributed by atoms with Crippen molar-refractivity contribution in [1.82, 2.24) is 10.2 Å². The van der Waals surface area contributed by atoms with Crippen molar-refractivity contribution < 1.29 is 5.11 Å². The van der Waals surface area contributed by atoms with E-state index in [-0.39, 0.29) is 24.8 Å². The van der Waals surface area contributed by atoms with Gasteiger partial charge in [0.15, 0.2) is 0 Å². The van der Waals surface area contributed by atoms with E-state index in [0.717, 1.165) is 39.6 Å². The number of nitrogens with zero attached hydrogens (tertiary/aromatic N) is 1. The maximum absolute atomic E-state index is 10.4. The second kappa shape index (κ2) is 11.1. The van der Waals surface area contributed by atoms with Crippen LogP contribution in [0.2, 0.25) is 0 Å². The van der Waals surface area contributed by atoms with Crippen molar-refractivity contribution >= 4 is 72.6 Å². The van der Waals surface area contributed by atoms with Gasteiger partial charge in [-0.15, -0.1) is 24.8 Å². The molecule has 25 heavy (non-hydrogen) atoms. The van der Waals surface area contributed by atoms with Gasteiger partial charge in [-0.2, -0.15) is 0 Å². The number of hydrogen-bond donors (Lipinski definition) is 2. The number of rotatable bonds is 3. The highest BCUT2D eigenvalue weighted by molar-refractivity contribution is 9.11. The molecule has 1 aliphatic carbocycles. The standard InChI is InChI=1S/C17H23Br3N2O.2ClH/c18-12-10-13(19)17(23)15(20)14(12)16(11-4-2-1-3-5-11)22-8-6-21-7-9-22;;/h10-11,16,21,23H,1-9H2;2*1H/t16-;;/m1../s1. The summed E-state index contributed by atoms with van der Waals surface area (Å²) in [6.07, 6.45) is 6.57. The van der Waals surface area contributed by atoms with Crippen LogP contribution in [-0.2, 0) is 0 Å². The Morgan fingerprint density at radius 2 is 1.60 bits per heavy atom. The lowest BCUT2D eigenvalue weighted by Crippen LogP contribution is -2.47. The summed E-state index contributed by atoms with van der Waals surface area (Å²) in [5.74, 6) is 0.967. The van der Waals surface area contributed by atoms with Gasteiger partial charge in [-0.1, -0.05) is 35.2 Å². The Labute approximate surface area is 187 Å². The lowest BCUT2D eigenvalue weighted by molar-refractivity contribution is 0.102. The van der Waals surface area contributed by atoms with Gasteiger partial charge >= 0.3 is 0 Å². The first-order valence-electron chi connectivity index (χ1n) is 8.40. The van der Waals surface area contributed by atoms with Gasteiger partial charge in [0, 0.05) is 42.3 Å². The lowest BCUT2D eigenvalue weighted by atomic mass is 9.80. The number of phenols is 1. The van der Waals surface area contributed by atoms with Gasteiger partial charge in [-0.3, -0.25) is 4.90 Å². The Morgan fingerprint density at radius 1 is 1.00 bits per heavy atom. The van der Waals surface area contributed by atoms with Gasteiger partial charge in [0.25, 0.3) is 0 Å². The van der Waals surface area contributed by atoms with Gasteiger partial charge in [-0.05, 0) is 56.7 Å². The normalized spacial score (nSPS) is 20.4. The summed E-state index contributed by atoms with van der Waals surface area (Å²) in [5, 5.41) is 13.9. The average Bonchev–Trinajstić information content (AvgIpc) is 2.58. The van der Waals surface area contributed by atoms with Gasteiger partial charge in [0.05, 0.1) is 8.95 Å². The predicted molar refractivity (Wildman–Crippen MR) is 119 cm³/mol. The van der Waals surface area contributed by atoms with E-state index in [1.165, 1.54) is 37.7 Å². The van der Waals surface area contributed by atoms with Crippen LogP contribution in [0.4, 0.5) is 0 Å². The fourth-order valence-corrected chi connectivity index (χ4v) is 6.58. The van der Waals surface area contributed by atoms with Gasteiger partial charge in [0.2, 0.25) is 0 Å². The van der Waals surface area contributed by atoms with Gasteiger partial charge < -0.3 is 10.4 Å². The molecule has 0 unspecified atom stereocenters. The third-order valence-electron chi connectivity index (χ3n) is 5.12. The topological polar surface area (TPSA) is 35.5 Å². The summed E-state index contributed by atoms with van der Waals surface area (Å²) in [4.78, 5) is 2.60. The molecular formula is C17H25Br3Cl2N2O. The summed E-state index contributed by atoms with van der Waals surface area (Å²) < 4.78 is 2.62. The zero-order valence-corrected chi connectivity index (χ0v) is 20.3. The minimum Gasteiger partial charge on any atom is -0.506 e. The van der Waals surface area contributed by atoms with E-state index in [4.69, 9.17) is 0 Å². The first-order valence-corrected chi connectivity index (χ1v) is 10.8. The fraction of sp³-hybridized carbons (Fsp3) is 0.647. The molecule has 0 bridgehead atoms. The second-order valence-electron chi connectivity index (χ2n) is 6.55.